The minimum atomic E-state index is 0.141. The van der Waals surface area contributed by atoms with Gasteiger partial charge >= 0.3 is 0 Å². The predicted octanol–water partition coefficient (Wildman–Crippen LogP) is 1.78. The molecule has 0 radical (unpaired) electrons. The molecule has 1 saturated heterocycles. The standard InChI is InChI=1S/C14H26N2O/c1-9-6-7-15-8-10(9)16-12(17)11-13(2,3)14(11,4)5/h9-11,15H,6-8H2,1-5H3,(H,16,17). The quantitative estimate of drug-likeness (QED) is 0.770. The van der Waals surface area contributed by atoms with Crippen molar-refractivity contribution in [1.29, 1.82) is 0 Å². The second-order valence-electron chi connectivity index (χ2n) is 6.96. The summed E-state index contributed by atoms with van der Waals surface area (Å²) in [6.07, 6.45) is 1.16. The summed E-state index contributed by atoms with van der Waals surface area (Å²) >= 11 is 0. The van der Waals surface area contributed by atoms with E-state index in [2.05, 4.69) is 45.3 Å². The van der Waals surface area contributed by atoms with Crippen LogP contribution in [0.1, 0.15) is 41.0 Å². The van der Waals surface area contributed by atoms with E-state index in [9.17, 15) is 4.79 Å². The molecule has 17 heavy (non-hydrogen) atoms. The van der Waals surface area contributed by atoms with Gasteiger partial charge in [-0.15, -0.1) is 0 Å². The molecule has 2 aliphatic rings. The molecule has 0 aromatic carbocycles. The molecule has 2 N–H and O–H groups in total. The highest BCUT2D eigenvalue weighted by atomic mass is 16.2. The van der Waals surface area contributed by atoms with Crippen molar-refractivity contribution in [3.63, 3.8) is 0 Å². The fourth-order valence-electron chi connectivity index (χ4n) is 3.30. The van der Waals surface area contributed by atoms with Gasteiger partial charge in [-0.1, -0.05) is 34.6 Å². The van der Waals surface area contributed by atoms with E-state index in [1.807, 2.05) is 0 Å². The Morgan fingerprint density at radius 2 is 1.82 bits per heavy atom. The second kappa shape index (κ2) is 3.98. The van der Waals surface area contributed by atoms with Gasteiger partial charge in [0, 0.05) is 18.5 Å². The Balaban J connectivity index is 1.95. The normalized spacial score (nSPS) is 35.4. The molecule has 2 fully saturated rings. The molecule has 3 heteroatoms. The summed E-state index contributed by atoms with van der Waals surface area (Å²) in [5, 5.41) is 6.60. The summed E-state index contributed by atoms with van der Waals surface area (Å²) in [6, 6.07) is 0.309. The van der Waals surface area contributed by atoms with Crippen LogP contribution in [0.4, 0.5) is 0 Å². The molecule has 2 atom stereocenters. The van der Waals surface area contributed by atoms with Crippen LogP contribution in [0.3, 0.4) is 0 Å². The van der Waals surface area contributed by atoms with E-state index in [0.29, 0.717) is 12.0 Å². The molecule has 0 aromatic heterocycles. The zero-order chi connectivity index (χ0) is 12.8. The van der Waals surface area contributed by atoms with Crippen molar-refractivity contribution in [2.45, 2.75) is 47.1 Å². The maximum Gasteiger partial charge on any atom is 0.224 e. The number of carbonyl (C=O) groups excluding carboxylic acids is 1. The molecule has 1 aliphatic heterocycles. The zero-order valence-corrected chi connectivity index (χ0v) is 11.8. The molecule has 98 valence electrons. The number of nitrogens with one attached hydrogen (secondary N) is 2. The summed E-state index contributed by atoms with van der Waals surface area (Å²) in [7, 11) is 0. The van der Waals surface area contributed by atoms with Crippen LogP contribution >= 0.6 is 0 Å². The first-order valence-electron chi connectivity index (χ1n) is 6.79. The van der Waals surface area contributed by atoms with Crippen molar-refractivity contribution in [2.24, 2.45) is 22.7 Å². The Morgan fingerprint density at radius 1 is 1.24 bits per heavy atom. The third-order valence-electron chi connectivity index (χ3n) is 5.44. The molecule has 1 heterocycles. The van der Waals surface area contributed by atoms with Crippen molar-refractivity contribution in [1.82, 2.24) is 10.6 Å². The molecule has 0 spiro atoms. The zero-order valence-electron chi connectivity index (χ0n) is 11.8. The second-order valence-corrected chi connectivity index (χ2v) is 6.96. The highest BCUT2D eigenvalue weighted by molar-refractivity contribution is 5.84. The van der Waals surface area contributed by atoms with Gasteiger partial charge in [-0.25, -0.2) is 0 Å². The number of hydrogen-bond donors (Lipinski definition) is 2. The Bertz CT molecular complexity index is 308. The number of carbonyl (C=O) groups is 1. The first-order chi connectivity index (χ1) is 7.78. The SMILES string of the molecule is CC1CCNCC1NC(=O)C1C(C)(C)C1(C)C. The largest absolute Gasteiger partial charge is 0.352 e. The van der Waals surface area contributed by atoms with Gasteiger partial charge in [-0.3, -0.25) is 4.79 Å². The van der Waals surface area contributed by atoms with Gasteiger partial charge in [0.05, 0.1) is 0 Å². The van der Waals surface area contributed by atoms with E-state index in [0.717, 1.165) is 19.5 Å². The first-order valence-corrected chi connectivity index (χ1v) is 6.79. The van der Waals surface area contributed by atoms with Gasteiger partial charge < -0.3 is 10.6 Å². The first kappa shape index (κ1) is 12.9. The summed E-state index contributed by atoms with van der Waals surface area (Å²) in [5.74, 6) is 1.01. The van der Waals surface area contributed by atoms with Crippen LogP contribution in [-0.4, -0.2) is 25.0 Å². The molecule has 0 bridgehead atoms. The molecule has 2 unspecified atom stereocenters. The third kappa shape index (κ3) is 1.99. The van der Waals surface area contributed by atoms with Crippen LogP contribution in [0.15, 0.2) is 0 Å². The van der Waals surface area contributed by atoms with Crippen molar-refractivity contribution >= 4 is 5.91 Å². The van der Waals surface area contributed by atoms with Crippen LogP contribution < -0.4 is 10.6 Å². The van der Waals surface area contributed by atoms with Crippen molar-refractivity contribution in [3.05, 3.63) is 0 Å². The third-order valence-corrected chi connectivity index (χ3v) is 5.44. The van der Waals surface area contributed by atoms with E-state index in [4.69, 9.17) is 0 Å². The van der Waals surface area contributed by atoms with Gasteiger partial charge in [-0.2, -0.15) is 0 Å². The molecule has 3 nitrogen and oxygen atoms in total. The molecule has 1 amide bonds. The van der Waals surface area contributed by atoms with Crippen LogP contribution in [0, 0.1) is 22.7 Å². The summed E-state index contributed by atoms with van der Waals surface area (Å²) in [5.41, 5.74) is 0.283. The smallest absolute Gasteiger partial charge is 0.224 e. The lowest BCUT2D eigenvalue weighted by atomic mass is 9.94. The Morgan fingerprint density at radius 3 is 2.29 bits per heavy atom. The number of rotatable bonds is 2. The minimum Gasteiger partial charge on any atom is -0.352 e. The minimum absolute atomic E-state index is 0.141. The molecule has 0 aromatic rings. The molecule has 2 rings (SSSR count). The average Bonchev–Trinajstić information content (AvgIpc) is 2.61. The van der Waals surface area contributed by atoms with Crippen LogP contribution in [0.5, 0.6) is 0 Å². The monoisotopic (exact) mass is 238 g/mol. The summed E-state index contributed by atoms with van der Waals surface area (Å²) in [6.45, 7) is 13.0. The highest BCUT2D eigenvalue weighted by Crippen LogP contribution is 2.68. The Hall–Kier alpha value is -0.570. The molecule has 1 aliphatic carbocycles. The van der Waals surface area contributed by atoms with Crippen molar-refractivity contribution in [2.75, 3.05) is 13.1 Å². The summed E-state index contributed by atoms with van der Waals surface area (Å²) < 4.78 is 0. The Kier molecular flexibility index (Phi) is 3.01. The maximum absolute atomic E-state index is 12.3. The van der Waals surface area contributed by atoms with Gasteiger partial charge in [0.1, 0.15) is 0 Å². The lowest BCUT2D eigenvalue weighted by molar-refractivity contribution is -0.124. The van der Waals surface area contributed by atoms with Crippen LogP contribution in [0.2, 0.25) is 0 Å². The number of hydrogen-bond acceptors (Lipinski definition) is 2. The fourth-order valence-corrected chi connectivity index (χ4v) is 3.30. The number of piperidine rings is 1. The van der Waals surface area contributed by atoms with E-state index >= 15 is 0 Å². The van der Waals surface area contributed by atoms with E-state index in [1.165, 1.54) is 0 Å². The fraction of sp³-hybridized carbons (Fsp3) is 0.929. The number of amides is 1. The topological polar surface area (TPSA) is 41.1 Å². The molecular weight excluding hydrogens is 212 g/mol. The van der Waals surface area contributed by atoms with Gasteiger partial charge in [0.2, 0.25) is 5.91 Å². The van der Waals surface area contributed by atoms with E-state index in [1.54, 1.807) is 0 Å². The van der Waals surface area contributed by atoms with Crippen molar-refractivity contribution in [3.8, 4) is 0 Å². The molecule has 1 saturated carbocycles. The molecular formula is C14H26N2O. The lowest BCUT2D eigenvalue weighted by Gasteiger charge is -2.30. The van der Waals surface area contributed by atoms with Gasteiger partial charge in [0.25, 0.3) is 0 Å². The average molecular weight is 238 g/mol. The van der Waals surface area contributed by atoms with E-state index in [-0.39, 0.29) is 22.7 Å². The highest BCUT2D eigenvalue weighted by Gasteiger charge is 2.68. The van der Waals surface area contributed by atoms with Crippen LogP contribution in [-0.2, 0) is 4.79 Å². The Labute approximate surface area is 105 Å². The lowest BCUT2D eigenvalue weighted by Crippen LogP contribution is -2.51. The maximum atomic E-state index is 12.3. The summed E-state index contributed by atoms with van der Waals surface area (Å²) in [4.78, 5) is 12.3. The van der Waals surface area contributed by atoms with Gasteiger partial charge in [0.15, 0.2) is 0 Å². The van der Waals surface area contributed by atoms with Crippen molar-refractivity contribution < 1.29 is 4.79 Å². The van der Waals surface area contributed by atoms with Gasteiger partial charge in [-0.05, 0) is 29.7 Å². The predicted molar refractivity (Wildman–Crippen MR) is 69.6 cm³/mol. The van der Waals surface area contributed by atoms with E-state index < -0.39 is 0 Å². The van der Waals surface area contributed by atoms with Crippen LogP contribution in [0.25, 0.3) is 0 Å².